The van der Waals surface area contributed by atoms with E-state index in [1.165, 1.54) is 19.1 Å². The van der Waals surface area contributed by atoms with Gasteiger partial charge in [-0.05, 0) is 48.9 Å². The number of hydrogen-bond donors (Lipinski definition) is 0. The molecule has 5 rings (SSSR count). The second-order valence-corrected chi connectivity index (χ2v) is 8.08. The molecule has 2 aromatic carbocycles. The molecule has 3 heterocycles. The quantitative estimate of drug-likeness (QED) is 0.314. The van der Waals surface area contributed by atoms with E-state index in [0.29, 0.717) is 47.2 Å². The van der Waals surface area contributed by atoms with Crippen molar-refractivity contribution in [3.63, 3.8) is 0 Å². The van der Waals surface area contributed by atoms with E-state index in [4.69, 9.17) is 19.1 Å². The number of aromatic nitrogens is 3. The highest BCUT2D eigenvalue weighted by Crippen LogP contribution is 2.29. The fourth-order valence-corrected chi connectivity index (χ4v) is 3.91. The predicted octanol–water partition coefficient (Wildman–Crippen LogP) is 5.54. The topological polar surface area (TPSA) is 69.6 Å². The molecule has 34 heavy (non-hydrogen) atoms. The van der Waals surface area contributed by atoms with Gasteiger partial charge in [0.25, 0.3) is 0 Å². The molecular weight excluding hydrogens is 433 g/mol. The van der Waals surface area contributed by atoms with Gasteiger partial charge < -0.3 is 9.15 Å². The van der Waals surface area contributed by atoms with E-state index < -0.39 is 5.97 Å². The van der Waals surface area contributed by atoms with Crippen molar-refractivity contribution >= 4 is 11.6 Å². The summed E-state index contributed by atoms with van der Waals surface area (Å²) in [6, 6.07) is 19.8. The fraction of sp³-hybridized carbons (Fsp3) is 0.148. The normalized spacial score (nSPS) is 11.1. The van der Waals surface area contributed by atoms with Crippen LogP contribution in [-0.4, -0.2) is 20.3 Å². The largest absolute Gasteiger partial charge is 0.466 e. The number of halogens is 1. The molecule has 3 aromatic heterocycles. The van der Waals surface area contributed by atoms with Gasteiger partial charge in [-0.2, -0.15) is 0 Å². The molecule has 0 N–H and O–H groups in total. The maximum atomic E-state index is 13.5. The van der Waals surface area contributed by atoms with E-state index in [0.717, 1.165) is 16.9 Å². The van der Waals surface area contributed by atoms with Crippen LogP contribution in [0.3, 0.4) is 0 Å². The first-order valence-electron chi connectivity index (χ1n) is 10.9. The molecule has 5 aromatic rings. The van der Waals surface area contributed by atoms with Crippen molar-refractivity contribution in [1.82, 2.24) is 14.4 Å². The van der Waals surface area contributed by atoms with E-state index in [1.54, 1.807) is 22.7 Å². The van der Waals surface area contributed by atoms with E-state index in [9.17, 15) is 9.18 Å². The number of benzene rings is 2. The van der Waals surface area contributed by atoms with Crippen LogP contribution in [0.5, 0.6) is 5.88 Å². The lowest BCUT2D eigenvalue weighted by Crippen LogP contribution is -2.07. The lowest BCUT2D eigenvalue weighted by atomic mass is 10.1. The van der Waals surface area contributed by atoms with Crippen molar-refractivity contribution in [2.45, 2.75) is 26.7 Å². The molecule has 0 amide bonds. The Morgan fingerprint density at radius 2 is 1.74 bits per heavy atom. The van der Waals surface area contributed by atoms with Gasteiger partial charge in [0, 0.05) is 25.1 Å². The summed E-state index contributed by atoms with van der Waals surface area (Å²) in [7, 11) is 0. The van der Waals surface area contributed by atoms with E-state index >= 15 is 0 Å². The molecule has 0 unspecified atom stereocenters. The first-order chi connectivity index (χ1) is 16.5. The van der Waals surface area contributed by atoms with Crippen LogP contribution in [0.25, 0.3) is 16.9 Å². The molecule has 0 spiro atoms. The van der Waals surface area contributed by atoms with Gasteiger partial charge in [-0.3, -0.25) is 9.20 Å². The molecule has 0 atom stereocenters. The van der Waals surface area contributed by atoms with Crippen LogP contribution >= 0.6 is 0 Å². The Bertz CT molecular complexity index is 1470. The highest BCUT2D eigenvalue weighted by Gasteiger charge is 2.21. The lowest BCUT2D eigenvalue weighted by Gasteiger charge is -2.10. The molecule has 0 saturated heterocycles. The van der Waals surface area contributed by atoms with E-state index in [-0.39, 0.29) is 5.82 Å². The van der Waals surface area contributed by atoms with Gasteiger partial charge in [-0.25, -0.2) is 14.4 Å². The number of imidazole rings is 1. The molecule has 0 radical (unpaired) electrons. The summed E-state index contributed by atoms with van der Waals surface area (Å²) in [6.45, 7) is 3.23. The summed E-state index contributed by atoms with van der Waals surface area (Å²) >= 11 is 0. The predicted molar refractivity (Wildman–Crippen MR) is 125 cm³/mol. The zero-order valence-corrected chi connectivity index (χ0v) is 18.8. The van der Waals surface area contributed by atoms with E-state index in [1.807, 2.05) is 49.4 Å². The Morgan fingerprint density at radius 1 is 0.971 bits per heavy atom. The van der Waals surface area contributed by atoms with Crippen LogP contribution in [-0.2, 0) is 17.6 Å². The van der Waals surface area contributed by atoms with Crippen molar-refractivity contribution in [2.75, 3.05) is 0 Å². The Balaban J connectivity index is 1.71. The van der Waals surface area contributed by atoms with Crippen molar-refractivity contribution < 1.29 is 18.3 Å². The molecule has 0 fully saturated rings. The number of fused-ring (bicyclic) bond motifs is 1. The third kappa shape index (κ3) is 4.45. The van der Waals surface area contributed by atoms with Crippen molar-refractivity contribution in [3.8, 4) is 17.1 Å². The molecule has 0 aliphatic rings. The first kappa shape index (κ1) is 21.6. The fourth-order valence-electron chi connectivity index (χ4n) is 3.91. The van der Waals surface area contributed by atoms with Crippen LogP contribution in [0.4, 0.5) is 4.39 Å². The maximum absolute atomic E-state index is 13.5. The molecule has 7 heteroatoms. The number of hydrogen-bond acceptors (Lipinski definition) is 5. The lowest BCUT2D eigenvalue weighted by molar-refractivity contribution is -0.132. The van der Waals surface area contributed by atoms with Crippen molar-refractivity contribution in [1.29, 1.82) is 0 Å². The number of furan rings is 1. The van der Waals surface area contributed by atoms with Gasteiger partial charge in [0.1, 0.15) is 23.0 Å². The van der Waals surface area contributed by atoms with Gasteiger partial charge in [0.2, 0.25) is 5.88 Å². The first-order valence-corrected chi connectivity index (χ1v) is 10.9. The van der Waals surface area contributed by atoms with Crippen LogP contribution in [0.1, 0.15) is 35.4 Å². The SMILES string of the molecule is CC(=O)Oc1c(Cc2ccc(C)o2)nc2c(Cc3ccccc3)nc(-c3ccc(F)cc3)cn12. The number of carbonyl (C=O) groups is 1. The third-order valence-electron chi connectivity index (χ3n) is 5.43. The third-order valence-corrected chi connectivity index (χ3v) is 5.43. The van der Waals surface area contributed by atoms with Gasteiger partial charge in [0.15, 0.2) is 5.65 Å². The van der Waals surface area contributed by atoms with Crippen molar-refractivity contribution in [3.05, 3.63) is 107 Å². The average molecular weight is 455 g/mol. The minimum Gasteiger partial charge on any atom is -0.466 e. The van der Waals surface area contributed by atoms with Crippen LogP contribution in [0, 0.1) is 12.7 Å². The average Bonchev–Trinajstić information content (AvgIpc) is 3.38. The Hall–Kier alpha value is -4.26. The Labute approximate surface area is 195 Å². The number of ether oxygens (including phenoxy) is 1. The molecular formula is C27H22FN3O3. The van der Waals surface area contributed by atoms with Gasteiger partial charge >= 0.3 is 5.97 Å². The molecule has 170 valence electrons. The number of rotatable bonds is 6. The number of nitrogens with zero attached hydrogens (tertiary/aromatic N) is 3. The summed E-state index contributed by atoms with van der Waals surface area (Å²) in [5.74, 6) is 1.04. The maximum Gasteiger partial charge on any atom is 0.309 e. The minimum atomic E-state index is -0.455. The minimum absolute atomic E-state index is 0.316. The zero-order chi connectivity index (χ0) is 23.7. The molecule has 0 aliphatic heterocycles. The molecule has 0 aliphatic carbocycles. The number of esters is 1. The highest BCUT2D eigenvalue weighted by atomic mass is 19.1. The molecule has 0 bridgehead atoms. The van der Waals surface area contributed by atoms with E-state index in [2.05, 4.69) is 0 Å². The molecule has 0 saturated carbocycles. The number of carbonyl (C=O) groups excluding carboxylic acids is 1. The number of aryl methyl sites for hydroxylation is 1. The van der Waals surface area contributed by atoms with Crippen molar-refractivity contribution in [2.24, 2.45) is 0 Å². The Morgan fingerprint density at radius 3 is 2.41 bits per heavy atom. The van der Waals surface area contributed by atoms with Crippen LogP contribution < -0.4 is 4.74 Å². The Kier molecular flexibility index (Phi) is 5.67. The second-order valence-electron chi connectivity index (χ2n) is 8.08. The van der Waals surface area contributed by atoms with Crippen LogP contribution in [0.2, 0.25) is 0 Å². The van der Waals surface area contributed by atoms with Gasteiger partial charge in [-0.1, -0.05) is 30.3 Å². The van der Waals surface area contributed by atoms with Gasteiger partial charge in [0.05, 0.1) is 17.8 Å². The summed E-state index contributed by atoms with van der Waals surface area (Å²) < 4.78 is 26.6. The smallest absolute Gasteiger partial charge is 0.309 e. The second kappa shape index (κ2) is 8.94. The molecule has 6 nitrogen and oxygen atoms in total. The standard InChI is InChI=1S/C27H22FN3O3/c1-17-8-13-22(33-17)15-24-27(34-18(2)32)31-16-25(20-9-11-21(28)12-10-20)29-23(26(31)30-24)14-19-6-4-3-5-7-19/h3-13,16H,14-15H2,1-2H3. The summed E-state index contributed by atoms with van der Waals surface area (Å²) in [5, 5.41) is 0. The van der Waals surface area contributed by atoms with Gasteiger partial charge in [-0.15, -0.1) is 0 Å². The summed E-state index contributed by atoms with van der Waals surface area (Å²) in [6.07, 6.45) is 2.64. The zero-order valence-electron chi connectivity index (χ0n) is 18.8. The summed E-state index contributed by atoms with van der Waals surface area (Å²) in [4.78, 5) is 21.7. The summed E-state index contributed by atoms with van der Waals surface area (Å²) in [5.41, 5.74) is 4.28. The van der Waals surface area contributed by atoms with Crippen LogP contribution in [0.15, 0.2) is 77.3 Å². The monoisotopic (exact) mass is 455 g/mol. The highest BCUT2D eigenvalue weighted by molar-refractivity contribution is 5.70.